The zero-order valence-corrected chi connectivity index (χ0v) is 16.2. The van der Waals surface area contributed by atoms with Crippen LogP contribution in [0.3, 0.4) is 0 Å². The highest BCUT2D eigenvalue weighted by atomic mass is 127. The van der Waals surface area contributed by atoms with E-state index in [4.69, 9.17) is 14.2 Å². The molecule has 1 N–H and O–H groups in total. The van der Waals surface area contributed by atoms with Gasteiger partial charge in [-0.1, -0.05) is 35.4 Å². The number of halogens is 1. The molecule has 138 valence electrons. The van der Waals surface area contributed by atoms with Gasteiger partial charge in [0.15, 0.2) is 0 Å². The Bertz CT molecular complexity index is 576. The average Bonchev–Trinajstić information content (AvgIpc) is 2.94. The molecule has 3 aliphatic carbocycles. The van der Waals surface area contributed by atoms with Crippen molar-refractivity contribution in [3.05, 3.63) is 0 Å². The van der Waals surface area contributed by atoms with E-state index in [0.717, 1.165) is 25.8 Å². The lowest BCUT2D eigenvalue weighted by Gasteiger charge is -2.32. The minimum atomic E-state index is -0.284. The van der Waals surface area contributed by atoms with Crippen molar-refractivity contribution in [1.29, 1.82) is 0 Å². The van der Waals surface area contributed by atoms with E-state index < -0.39 is 0 Å². The van der Waals surface area contributed by atoms with Crippen LogP contribution in [0.5, 0.6) is 0 Å². The van der Waals surface area contributed by atoms with Gasteiger partial charge in [-0.05, 0) is 19.3 Å². The average molecular weight is 461 g/mol. The standard InChI is InChI=1S/C18H24INO5/c19-14(12-6-20-12)18(22)25-15-9-5-10-13(17(21)24-16(10)15)11(9)7-23-8-3-1-2-4-8/h8-16,20H,1-7H2. The normalized spacial score (nSPS) is 45.6. The Morgan fingerprint density at radius 2 is 2.08 bits per heavy atom. The van der Waals surface area contributed by atoms with Gasteiger partial charge in [-0.2, -0.15) is 0 Å². The van der Waals surface area contributed by atoms with Gasteiger partial charge >= 0.3 is 11.9 Å². The molecule has 25 heavy (non-hydrogen) atoms. The SMILES string of the molecule is O=C(OC1C2CC3C1OC(=O)C3C2COC1CCCC1)C(I)C1CN1. The first-order valence-corrected chi connectivity index (χ1v) is 10.8. The summed E-state index contributed by atoms with van der Waals surface area (Å²) in [5, 5.41) is 3.16. The van der Waals surface area contributed by atoms with E-state index in [1.807, 2.05) is 0 Å². The van der Waals surface area contributed by atoms with Gasteiger partial charge in [0.1, 0.15) is 16.1 Å². The molecule has 3 saturated carbocycles. The Hall–Kier alpha value is -0.410. The number of hydrogen-bond acceptors (Lipinski definition) is 6. The van der Waals surface area contributed by atoms with Crippen molar-refractivity contribution < 1.29 is 23.8 Å². The van der Waals surface area contributed by atoms with Crippen LogP contribution < -0.4 is 5.32 Å². The zero-order chi connectivity index (χ0) is 17.1. The molecule has 0 amide bonds. The van der Waals surface area contributed by atoms with Gasteiger partial charge in [0.25, 0.3) is 0 Å². The number of fused-ring (bicyclic) bond motifs is 1. The quantitative estimate of drug-likeness (QED) is 0.279. The molecule has 0 radical (unpaired) electrons. The van der Waals surface area contributed by atoms with Gasteiger partial charge in [-0.3, -0.25) is 9.59 Å². The molecule has 0 aromatic rings. The van der Waals surface area contributed by atoms with Crippen LogP contribution in [0.1, 0.15) is 32.1 Å². The Morgan fingerprint density at radius 3 is 2.80 bits per heavy atom. The van der Waals surface area contributed by atoms with Crippen LogP contribution in [0.25, 0.3) is 0 Å². The summed E-state index contributed by atoms with van der Waals surface area (Å²) in [5.41, 5.74) is 0. The Labute approximate surface area is 160 Å². The third-order valence-electron chi connectivity index (χ3n) is 6.81. The molecule has 0 aromatic carbocycles. The van der Waals surface area contributed by atoms with Crippen molar-refractivity contribution in [3.8, 4) is 0 Å². The van der Waals surface area contributed by atoms with E-state index in [1.165, 1.54) is 12.8 Å². The molecule has 2 heterocycles. The van der Waals surface area contributed by atoms with Crippen molar-refractivity contribution >= 4 is 34.5 Å². The maximum atomic E-state index is 12.4. The molecule has 2 bridgehead atoms. The fourth-order valence-corrected chi connectivity index (χ4v) is 6.12. The maximum Gasteiger partial charge on any atom is 0.320 e. The van der Waals surface area contributed by atoms with E-state index in [-0.39, 0.29) is 57.8 Å². The summed E-state index contributed by atoms with van der Waals surface area (Å²) >= 11 is 2.15. The van der Waals surface area contributed by atoms with Crippen LogP contribution in [0.2, 0.25) is 0 Å². The summed E-state index contributed by atoms with van der Waals surface area (Å²) < 4.78 is 17.4. The number of alkyl halides is 1. The summed E-state index contributed by atoms with van der Waals surface area (Å²) in [6.07, 6.45) is 5.48. The van der Waals surface area contributed by atoms with Crippen LogP contribution in [-0.2, 0) is 23.8 Å². The summed E-state index contributed by atoms with van der Waals surface area (Å²) in [6.45, 7) is 1.47. The van der Waals surface area contributed by atoms with Crippen molar-refractivity contribution in [1.82, 2.24) is 5.32 Å². The lowest BCUT2D eigenvalue weighted by molar-refractivity contribution is -0.161. The first-order chi connectivity index (χ1) is 12.1. The number of esters is 2. The molecule has 8 unspecified atom stereocenters. The Morgan fingerprint density at radius 1 is 1.32 bits per heavy atom. The van der Waals surface area contributed by atoms with Crippen molar-refractivity contribution in [3.63, 3.8) is 0 Å². The predicted molar refractivity (Wildman–Crippen MR) is 96.1 cm³/mol. The summed E-state index contributed by atoms with van der Waals surface area (Å²) in [6, 6.07) is 0.229. The van der Waals surface area contributed by atoms with Gasteiger partial charge < -0.3 is 19.5 Å². The highest BCUT2D eigenvalue weighted by Gasteiger charge is 2.68. The van der Waals surface area contributed by atoms with E-state index in [0.29, 0.717) is 12.7 Å². The molecule has 6 nitrogen and oxygen atoms in total. The van der Waals surface area contributed by atoms with Gasteiger partial charge in [0.05, 0.1) is 18.6 Å². The molecule has 2 aliphatic heterocycles. The third kappa shape index (κ3) is 2.81. The molecule has 0 aromatic heterocycles. The largest absolute Gasteiger partial charge is 0.458 e. The summed E-state index contributed by atoms with van der Waals surface area (Å²) in [4.78, 5) is 24.8. The molecule has 0 spiro atoms. The molecule has 8 atom stereocenters. The van der Waals surface area contributed by atoms with Crippen LogP contribution in [0, 0.1) is 23.7 Å². The highest BCUT2D eigenvalue weighted by molar-refractivity contribution is 14.1. The van der Waals surface area contributed by atoms with Gasteiger partial charge in [-0.25, -0.2) is 0 Å². The molecule has 5 aliphatic rings. The molecule has 7 heteroatoms. The predicted octanol–water partition coefficient (Wildman–Crippen LogP) is 1.44. The minimum absolute atomic E-state index is 0.0492. The summed E-state index contributed by atoms with van der Waals surface area (Å²) in [5.74, 6) is 0.217. The van der Waals surface area contributed by atoms with Crippen molar-refractivity contribution in [2.75, 3.05) is 13.2 Å². The monoisotopic (exact) mass is 461 g/mol. The number of hydrogen-bond donors (Lipinski definition) is 1. The van der Waals surface area contributed by atoms with Crippen LogP contribution in [0.15, 0.2) is 0 Å². The first-order valence-electron chi connectivity index (χ1n) is 9.53. The van der Waals surface area contributed by atoms with E-state index in [2.05, 4.69) is 27.9 Å². The maximum absolute atomic E-state index is 12.4. The number of ether oxygens (including phenoxy) is 3. The van der Waals surface area contributed by atoms with Gasteiger partial charge in [0.2, 0.25) is 0 Å². The second-order valence-corrected chi connectivity index (χ2v) is 9.55. The minimum Gasteiger partial charge on any atom is -0.458 e. The second kappa shape index (κ2) is 6.34. The number of carbonyl (C=O) groups is 2. The van der Waals surface area contributed by atoms with Crippen molar-refractivity contribution in [2.24, 2.45) is 23.7 Å². The molecule has 5 fully saturated rings. The van der Waals surface area contributed by atoms with E-state index >= 15 is 0 Å². The van der Waals surface area contributed by atoms with Crippen LogP contribution in [-0.4, -0.2) is 53.4 Å². The molecular weight excluding hydrogens is 437 g/mol. The van der Waals surface area contributed by atoms with Crippen LogP contribution in [0.4, 0.5) is 0 Å². The smallest absolute Gasteiger partial charge is 0.320 e. The lowest BCUT2D eigenvalue weighted by atomic mass is 9.79. The van der Waals surface area contributed by atoms with Crippen LogP contribution >= 0.6 is 22.6 Å². The molecule has 2 saturated heterocycles. The van der Waals surface area contributed by atoms with Gasteiger partial charge in [-0.15, -0.1) is 0 Å². The Balaban J connectivity index is 1.28. The van der Waals surface area contributed by atoms with Gasteiger partial charge in [0, 0.05) is 30.3 Å². The first kappa shape index (κ1) is 16.7. The zero-order valence-electron chi connectivity index (χ0n) is 14.1. The topological polar surface area (TPSA) is 83.8 Å². The Kier molecular flexibility index (Phi) is 4.24. The number of carbonyl (C=O) groups excluding carboxylic acids is 2. The number of rotatable bonds is 6. The van der Waals surface area contributed by atoms with Crippen molar-refractivity contribution in [2.45, 2.75) is 60.4 Å². The number of nitrogens with one attached hydrogen (secondary N) is 1. The molecule has 5 rings (SSSR count). The highest BCUT2D eigenvalue weighted by Crippen LogP contribution is 2.58. The van der Waals surface area contributed by atoms with E-state index in [9.17, 15) is 9.59 Å². The third-order valence-corrected chi connectivity index (χ3v) is 8.18. The summed E-state index contributed by atoms with van der Waals surface area (Å²) in [7, 11) is 0. The lowest BCUT2D eigenvalue weighted by Crippen LogP contribution is -2.43. The van der Waals surface area contributed by atoms with E-state index in [1.54, 1.807) is 0 Å². The fourth-order valence-electron chi connectivity index (χ4n) is 5.46. The molecular formula is C18H24INO5. The fraction of sp³-hybridized carbons (Fsp3) is 0.889. The second-order valence-electron chi connectivity index (χ2n) is 8.21.